The Bertz CT molecular complexity index is 1270. The minimum absolute atomic E-state index is 0.354. The second kappa shape index (κ2) is 7.27. The third-order valence-electron chi connectivity index (χ3n) is 4.89. The van der Waals surface area contributed by atoms with Crippen LogP contribution >= 0.6 is 11.6 Å². The van der Waals surface area contributed by atoms with E-state index in [-0.39, 0.29) is 5.56 Å². The van der Waals surface area contributed by atoms with Crippen molar-refractivity contribution in [2.75, 3.05) is 11.9 Å². The number of rotatable bonds is 4. The zero-order valence-electron chi connectivity index (χ0n) is 15.8. The lowest BCUT2D eigenvalue weighted by molar-refractivity contribution is 0.340. The maximum absolute atomic E-state index is 12.6. The fourth-order valence-electron chi connectivity index (χ4n) is 3.59. The third kappa shape index (κ3) is 3.00. The molecular weight excluding hydrogens is 406 g/mol. The molecular formula is C20H16ClN7O2. The van der Waals surface area contributed by atoms with E-state index in [0.29, 0.717) is 34.5 Å². The zero-order valence-corrected chi connectivity index (χ0v) is 16.6. The van der Waals surface area contributed by atoms with E-state index in [9.17, 15) is 4.79 Å². The third-order valence-corrected chi connectivity index (χ3v) is 5.14. The van der Waals surface area contributed by atoms with Gasteiger partial charge in [0, 0.05) is 16.1 Å². The first-order chi connectivity index (χ1) is 14.7. The number of nitrogens with zero attached hydrogens (tertiary/aromatic N) is 5. The molecule has 0 unspecified atom stereocenters. The van der Waals surface area contributed by atoms with Crippen molar-refractivity contribution >= 4 is 23.2 Å². The number of ether oxygens (including phenoxy) is 1. The predicted octanol–water partition coefficient (Wildman–Crippen LogP) is 3.17. The summed E-state index contributed by atoms with van der Waals surface area (Å²) < 4.78 is 7.16. The van der Waals surface area contributed by atoms with Crippen molar-refractivity contribution < 1.29 is 4.74 Å². The molecule has 0 saturated carbocycles. The van der Waals surface area contributed by atoms with Crippen molar-refractivity contribution in [3.8, 4) is 17.0 Å². The van der Waals surface area contributed by atoms with Gasteiger partial charge in [-0.25, -0.2) is 5.10 Å². The molecule has 30 heavy (non-hydrogen) atoms. The van der Waals surface area contributed by atoms with Crippen LogP contribution in [-0.4, -0.2) is 37.0 Å². The molecule has 0 radical (unpaired) electrons. The molecule has 3 heterocycles. The summed E-state index contributed by atoms with van der Waals surface area (Å²) in [4.78, 5) is 12.6. The highest BCUT2D eigenvalue weighted by Gasteiger charge is 2.34. The Morgan fingerprint density at radius 3 is 2.63 bits per heavy atom. The van der Waals surface area contributed by atoms with Gasteiger partial charge in [0.25, 0.3) is 5.56 Å². The molecule has 0 aliphatic carbocycles. The lowest BCUT2D eigenvalue weighted by atomic mass is 9.92. The van der Waals surface area contributed by atoms with Gasteiger partial charge < -0.3 is 10.1 Å². The van der Waals surface area contributed by atoms with Crippen LogP contribution in [0.2, 0.25) is 5.02 Å². The number of nitrogens with one attached hydrogen (secondary N) is 2. The van der Waals surface area contributed by atoms with Gasteiger partial charge in [0.15, 0.2) is 0 Å². The Hall–Kier alpha value is -3.72. The summed E-state index contributed by atoms with van der Waals surface area (Å²) >= 11 is 6.08. The molecule has 0 amide bonds. The molecule has 5 rings (SSSR count). The minimum atomic E-state index is -0.458. The number of fused-ring (bicyclic) bond motifs is 2. The van der Waals surface area contributed by atoms with Crippen molar-refractivity contribution in [1.29, 1.82) is 0 Å². The molecule has 0 fully saturated rings. The number of hydrogen-bond donors (Lipinski definition) is 2. The second-order valence-corrected chi connectivity index (χ2v) is 7.11. The van der Waals surface area contributed by atoms with Gasteiger partial charge in [0.05, 0.1) is 12.3 Å². The van der Waals surface area contributed by atoms with Gasteiger partial charge in [0.1, 0.15) is 17.5 Å². The summed E-state index contributed by atoms with van der Waals surface area (Å²) in [5, 5.41) is 22.5. The molecule has 2 aromatic carbocycles. The van der Waals surface area contributed by atoms with E-state index in [0.717, 1.165) is 16.9 Å². The Labute approximate surface area is 175 Å². The minimum Gasteiger partial charge on any atom is -0.494 e. The highest BCUT2D eigenvalue weighted by Crippen LogP contribution is 2.41. The number of H-pyrrole nitrogens is 1. The molecule has 150 valence electrons. The van der Waals surface area contributed by atoms with Gasteiger partial charge in [-0.3, -0.25) is 4.79 Å². The number of tetrazole rings is 1. The van der Waals surface area contributed by atoms with E-state index in [1.807, 2.05) is 43.3 Å². The van der Waals surface area contributed by atoms with Gasteiger partial charge in [-0.15, -0.1) is 0 Å². The maximum Gasteiger partial charge on any atom is 0.288 e. The molecule has 4 aromatic rings. The Kier molecular flexibility index (Phi) is 4.44. The van der Waals surface area contributed by atoms with Crippen molar-refractivity contribution in [1.82, 2.24) is 30.4 Å². The van der Waals surface area contributed by atoms with Crippen LogP contribution in [0.15, 0.2) is 53.3 Å². The van der Waals surface area contributed by atoms with Crippen LogP contribution in [0.25, 0.3) is 11.3 Å². The SMILES string of the molecule is CCOc1ccc(-c2n[nH]c(=O)c3c2[C@@H](c2ccc(Cl)cc2)n2nnnc2N3)cc1. The van der Waals surface area contributed by atoms with Gasteiger partial charge in [-0.2, -0.15) is 9.78 Å². The van der Waals surface area contributed by atoms with E-state index in [2.05, 4.69) is 31.0 Å². The first-order valence-electron chi connectivity index (χ1n) is 9.32. The summed E-state index contributed by atoms with van der Waals surface area (Å²) in [7, 11) is 0. The first-order valence-corrected chi connectivity index (χ1v) is 9.69. The van der Waals surface area contributed by atoms with Crippen molar-refractivity contribution in [3.05, 3.63) is 75.0 Å². The second-order valence-electron chi connectivity index (χ2n) is 6.67. The van der Waals surface area contributed by atoms with Crippen molar-refractivity contribution in [3.63, 3.8) is 0 Å². The summed E-state index contributed by atoms with van der Waals surface area (Å²) in [5.74, 6) is 1.13. The van der Waals surface area contributed by atoms with Crippen LogP contribution in [0.3, 0.4) is 0 Å². The van der Waals surface area contributed by atoms with Crippen LogP contribution < -0.4 is 15.6 Å². The fraction of sp³-hybridized carbons (Fsp3) is 0.150. The summed E-state index contributed by atoms with van der Waals surface area (Å²) in [6.07, 6.45) is 0. The van der Waals surface area contributed by atoms with Gasteiger partial charge in [-0.1, -0.05) is 28.8 Å². The fourth-order valence-corrected chi connectivity index (χ4v) is 3.71. The normalized spacial score (nSPS) is 14.5. The Morgan fingerprint density at radius 1 is 1.13 bits per heavy atom. The summed E-state index contributed by atoms with van der Waals surface area (Å²) in [5.41, 5.74) is 2.98. The highest BCUT2D eigenvalue weighted by molar-refractivity contribution is 6.30. The van der Waals surface area contributed by atoms with Crippen LogP contribution in [0, 0.1) is 0 Å². The van der Waals surface area contributed by atoms with Crippen LogP contribution in [0.4, 0.5) is 11.6 Å². The number of benzene rings is 2. The monoisotopic (exact) mass is 421 g/mol. The predicted molar refractivity (Wildman–Crippen MR) is 111 cm³/mol. The Morgan fingerprint density at radius 2 is 1.90 bits per heavy atom. The molecule has 1 aliphatic rings. The van der Waals surface area contributed by atoms with Gasteiger partial charge in [0.2, 0.25) is 5.95 Å². The number of aromatic amines is 1. The lowest BCUT2D eigenvalue weighted by Crippen LogP contribution is -2.29. The number of aromatic nitrogens is 6. The van der Waals surface area contributed by atoms with E-state index >= 15 is 0 Å². The highest BCUT2D eigenvalue weighted by atomic mass is 35.5. The average Bonchev–Trinajstić information content (AvgIpc) is 3.23. The van der Waals surface area contributed by atoms with E-state index in [4.69, 9.17) is 16.3 Å². The number of halogens is 1. The first kappa shape index (κ1) is 18.3. The largest absolute Gasteiger partial charge is 0.494 e. The molecule has 0 spiro atoms. The van der Waals surface area contributed by atoms with Crippen LogP contribution in [0.5, 0.6) is 5.75 Å². The molecule has 0 bridgehead atoms. The Balaban J connectivity index is 1.73. The quantitative estimate of drug-likeness (QED) is 0.458. The van der Waals surface area contributed by atoms with E-state index < -0.39 is 6.04 Å². The van der Waals surface area contributed by atoms with Crippen LogP contribution in [0.1, 0.15) is 24.1 Å². The standard InChI is InChI=1S/C20H16ClN7O2/c1-2-30-14-9-5-11(6-10-14)16-15-17(19(29)24-23-16)22-20-25-26-27-28(20)18(15)12-3-7-13(21)8-4-12/h3-10,18H,2H2,1H3,(H,24,29)(H,22,25,27)/t18-/m1/s1. The van der Waals surface area contributed by atoms with Crippen LogP contribution in [-0.2, 0) is 0 Å². The molecule has 2 N–H and O–H groups in total. The summed E-state index contributed by atoms with van der Waals surface area (Å²) in [6.45, 7) is 2.51. The van der Waals surface area contributed by atoms with Gasteiger partial charge >= 0.3 is 0 Å². The smallest absolute Gasteiger partial charge is 0.288 e. The zero-order chi connectivity index (χ0) is 20.7. The van der Waals surface area contributed by atoms with E-state index in [1.54, 1.807) is 16.8 Å². The topological polar surface area (TPSA) is 111 Å². The molecule has 10 heteroatoms. The molecule has 0 saturated heterocycles. The number of anilines is 2. The summed E-state index contributed by atoms with van der Waals surface area (Å²) in [6, 6.07) is 14.4. The molecule has 9 nitrogen and oxygen atoms in total. The number of hydrogen-bond acceptors (Lipinski definition) is 7. The maximum atomic E-state index is 12.6. The van der Waals surface area contributed by atoms with E-state index in [1.165, 1.54) is 0 Å². The van der Waals surface area contributed by atoms with Crippen molar-refractivity contribution in [2.24, 2.45) is 0 Å². The van der Waals surface area contributed by atoms with Gasteiger partial charge in [-0.05, 0) is 59.3 Å². The average molecular weight is 422 g/mol. The molecule has 1 aliphatic heterocycles. The molecule has 1 atom stereocenters. The van der Waals surface area contributed by atoms with Crippen molar-refractivity contribution in [2.45, 2.75) is 13.0 Å². The molecule has 2 aromatic heterocycles. The lowest BCUT2D eigenvalue weighted by Gasteiger charge is -2.27.